The molecule has 40 heavy (non-hydrogen) atoms. The molecule has 0 radical (unpaired) electrons. The molecule has 208 valence electrons. The van der Waals surface area contributed by atoms with Crippen LogP contribution in [0.25, 0.3) is 22.6 Å². The van der Waals surface area contributed by atoms with Crippen molar-refractivity contribution in [3.05, 3.63) is 70.0 Å². The van der Waals surface area contributed by atoms with Crippen molar-refractivity contribution in [2.24, 2.45) is 4.99 Å². The van der Waals surface area contributed by atoms with Crippen LogP contribution in [-0.4, -0.2) is 40.2 Å². The van der Waals surface area contributed by atoms with Gasteiger partial charge in [-0.25, -0.2) is 0 Å². The molecule has 1 aliphatic rings. The fraction of sp³-hybridized carbons (Fsp3) is 0.355. The number of benzene rings is 2. The fourth-order valence-corrected chi connectivity index (χ4v) is 5.29. The van der Waals surface area contributed by atoms with Gasteiger partial charge in [0, 0.05) is 17.8 Å². The Kier molecular flexibility index (Phi) is 8.00. The number of rotatable bonds is 10. The third-order valence-corrected chi connectivity index (χ3v) is 7.32. The second-order valence-corrected chi connectivity index (χ2v) is 10.0. The van der Waals surface area contributed by atoms with E-state index in [4.69, 9.17) is 18.9 Å². The van der Waals surface area contributed by atoms with Gasteiger partial charge in [-0.05, 0) is 55.4 Å². The molecule has 0 saturated heterocycles. The molecule has 9 nitrogen and oxygen atoms in total. The number of para-hydroxylation sites is 1. The van der Waals surface area contributed by atoms with Gasteiger partial charge in [0.2, 0.25) is 5.89 Å². The number of methoxy groups -OCH3 is 2. The highest BCUT2D eigenvalue weighted by Gasteiger charge is 2.27. The van der Waals surface area contributed by atoms with Gasteiger partial charge in [0.25, 0.3) is 11.4 Å². The molecule has 0 spiro atoms. The van der Waals surface area contributed by atoms with Crippen molar-refractivity contribution in [3.8, 4) is 39.8 Å². The number of aromatic amines is 1. The number of nitrogens with zero attached hydrogens (tertiary/aromatic N) is 3. The molecule has 3 heterocycles. The summed E-state index contributed by atoms with van der Waals surface area (Å²) in [6.45, 7) is 4.26. The van der Waals surface area contributed by atoms with E-state index < -0.39 is 5.56 Å². The van der Waals surface area contributed by atoms with E-state index in [1.807, 2.05) is 18.2 Å². The van der Waals surface area contributed by atoms with Gasteiger partial charge in [-0.3, -0.25) is 9.79 Å². The molecule has 2 N–H and O–H groups in total. The number of hydrogen-bond donors (Lipinski definition) is 2. The Morgan fingerprint density at radius 3 is 2.45 bits per heavy atom. The van der Waals surface area contributed by atoms with Crippen molar-refractivity contribution < 1.29 is 19.0 Å². The molecule has 1 atom stereocenters. The van der Waals surface area contributed by atoms with Gasteiger partial charge < -0.3 is 24.0 Å². The number of aryl methyl sites for hydroxylation is 2. The molecule has 1 aliphatic heterocycles. The smallest absolute Gasteiger partial charge is 0.264 e. The van der Waals surface area contributed by atoms with E-state index in [0.29, 0.717) is 59.4 Å². The van der Waals surface area contributed by atoms with Crippen LogP contribution < -0.4 is 15.0 Å². The molecule has 0 saturated carbocycles. The van der Waals surface area contributed by atoms with Crippen LogP contribution in [0, 0.1) is 0 Å². The minimum atomic E-state index is -0.501. The quantitative estimate of drug-likeness (QED) is 0.239. The van der Waals surface area contributed by atoms with Gasteiger partial charge in [0.05, 0.1) is 31.0 Å². The molecule has 0 amide bonds. The lowest BCUT2D eigenvalue weighted by atomic mass is 9.90. The minimum absolute atomic E-state index is 0.0461. The average molecular weight is 543 g/mol. The second-order valence-electron chi connectivity index (χ2n) is 10.0. The van der Waals surface area contributed by atoms with Gasteiger partial charge in [-0.2, -0.15) is 0 Å². The first-order valence-corrected chi connectivity index (χ1v) is 13.6. The van der Waals surface area contributed by atoms with Crippen LogP contribution in [0.2, 0.25) is 0 Å². The number of hydrogen-bond acceptors (Lipinski definition) is 8. The van der Waals surface area contributed by atoms with E-state index >= 15 is 0 Å². The molecule has 4 aromatic rings. The van der Waals surface area contributed by atoms with Crippen LogP contribution in [0.5, 0.6) is 17.2 Å². The normalized spacial score (nSPS) is 14.5. The van der Waals surface area contributed by atoms with E-state index in [-0.39, 0.29) is 17.2 Å². The van der Waals surface area contributed by atoms with Gasteiger partial charge in [-0.1, -0.05) is 44.5 Å². The maximum absolute atomic E-state index is 13.3. The van der Waals surface area contributed by atoms with Gasteiger partial charge in [0.1, 0.15) is 22.8 Å². The number of ether oxygens (including phenoxy) is 2. The predicted molar refractivity (Wildman–Crippen MR) is 154 cm³/mol. The van der Waals surface area contributed by atoms with Crippen molar-refractivity contribution >= 4 is 11.4 Å². The van der Waals surface area contributed by atoms with Crippen LogP contribution in [0.1, 0.15) is 62.6 Å². The maximum Gasteiger partial charge on any atom is 0.264 e. The van der Waals surface area contributed by atoms with Crippen LogP contribution in [0.4, 0.5) is 5.69 Å². The summed E-state index contributed by atoms with van der Waals surface area (Å²) >= 11 is 0. The summed E-state index contributed by atoms with van der Waals surface area (Å²) < 4.78 is 17.1. The van der Waals surface area contributed by atoms with Gasteiger partial charge >= 0.3 is 0 Å². The molecule has 9 heteroatoms. The summed E-state index contributed by atoms with van der Waals surface area (Å²) in [5.74, 6) is 1.45. The zero-order valence-electron chi connectivity index (χ0n) is 23.3. The fourth-order valence-electron chi connectivity index (χ4n) is 5.29. The molecule has 5 rings (SSSR count). The largest absolute Gasteiger partial charge is 0.506 e. The highest BCUT2D eigenvalue weighted by atomic mass is 16.5. The van der Waals surface area contributed by atoms with Crippen LogP contribution in [0.3, 0.4) is 0 Å². The monoisotopic (exact) mass is 542 g/mol. The SMILES string of the molecule is CCCCc1[nH]c(=O)c(-c2nnc(CCC3=Nc4ccccc4C(C)C3)o2)c(O)c1-c1c(OC)cccc1OC. The van der Waals surface area contributed by atoms with Crippen molar-refractivity contribution in [2.45, 2.75) is 58.3 Å². The summed E-state index contributed by atoms with van der Waals surface area (Å²) in [7, 11) is 3.10. The minimum Gasteiger partial charge on any atom is -0.506 e. The zero-order chi connectivity index (χ0) is 28.2. The lowest BCUT2D eigenvalue weighted by Crippen LogP contribution is -2.14. The summed E-state index contributed by atoms with van der Waals surface area (Å²) in [4.78, 5) is 21.0. The van der Waals surface area contributed by atoms with Crippen LogP contribution in [-0.2, 0) is 12.8 Å². The summed E-state index contributed by atoms with van der Waals surface area (Å²) in [5, 5.41) is 19.9. The Morgan fingerprint density at radius 2 is 1.73 bits per heavy atom. The molecule has 0 bridgehead atoms. The number of unbranched alkanes of at least 4 members (excludes halogenated alkanes) is 1. The number of aromatic nitrogens is 3. The number of fused-ring (bicyclic) bond motifs is 1. The van der Waals surface area contributed by atoms with Crippen molar-refractivity contribution in [3.63, 3.8) is 0 Å². The molecule has 0 aliphatic carbocycles. The Bertz CT molecular complexity index is 1580. The van der Waals surface area contributed by atoms with E-state index in [0.717, 1.165) is 30.7 Å². The first-order valence-electron chi connectivity index (χ1n) is 13.6. The van der Waals surface area contributed by atoms with Gasteiger partial charge in [-0.15, -0.1) is 10.2 Å². The number of aromatic hydroxyl groups is 1. The van der Waals surface area contributed by atoms with Crippen LogP contribution in [0.15, 0.2) is 56.7 Å². The molecular weight excluding hydrogens is 508 g/mol. The van der Waals surface area contributed by atoms with Gasteiger partial charge in [0.15, 0.2) is 0 Å². The van der Waals surface area contributed by atoms with E-state index in [9.17, 15) is 9.90 Å². The number of pyridine rings is 1. The maximum atomic E-state index is 13.3. The Labute approximate surface area is 232 Å². The lowest BCUT2D eigenvalue weighted by molar-refractivity contribution is 0.396. The topological polar surface area (TPSA) is 123 Å². The molecule has 2 aromatic heterocycles. The molecular formula is C31H34N4O5. The summed E-state index contributed by atoms with van der Waals surface area (Å²) in [6.07, 6.45) is 4.27. The average Bonchev–Trinajstić information content (AvgIpc) is 3.43. The van der Waals surface area contributed by atoms with E-state index in [1.165, 1.54) is 5.56 Å². The van der Waals surface area contributed by atoms with Crippen molar-refractivity contribution in [2.75, 3.05) is 14.2 Å². The number of nitrogens with one attached hydrogen (secondary N) is 1. The van der Waals surface area contributed by atoms with E-state index in [1.54, 1.807) is 32.4 Å². The Morgan fingerprint density at radius 1 is 0.975 bits per heavy atom. The third-order valence-electron chi connectivity index (χ3n) is 7.32. The number of aliphatic imine (C=N–C) groups is 1. The molecule has 2 aromatic carbocycles. The zero-order valence-corrected chi connectivity index (χ0v) is 23.3. The summed E-state index contributed by atoms with van der Waals surface area (Å²) in [5.41, 5.74) is 4.28. The summed E-state index contributed by atoms with van der Waals surface area (Å²) in [6, 6.07) is 13.6. The third kappa shape index (κ3) is 5.23. The predicted octanol–water partition coefficient (Wildman–Crippen LogP) is 6.37. The molecule has 1 unspecified atom stereocenters. The van der Waals surface area contributed by atoms with Crippen molar-refractivity contribution in [1.82, 2.24) is 15.2 Å². The van der Waals surface area contributed by atoms with Crippen LogP contribution >= 0.6 is 0 Å². The first-order chi connectivity index (χ1) is 19.4. The number of H-pyrrole nitrogens is 1. The van der Waals surface area contributed by atoms with E-state index in [2.05, 4.69) is 35.1 Å². The second kappa shape index (κ2) is 11.8. The lowest BCUT2D eigenvalue weighted by Gasteiger charge is -2.21. The first kappa shape index (κ1) is 27.2. The Hall–Kier alpha value is -4.40. The highest BCUT2D eigenvalue weighted by molar-refractivity contribution is 5.90. The van der Waals surface area contributed by atoms with Crippen molar-refractivity contribution in [1.29, 1.82) is 0 Å². The Balaban J connectivity index is 1.50. The molecule has 0 fully saturated rings. The highest BCUT2D eigenvalue weighted by Crippen LogP contribution is 2.46. The standard InChI is InChI=1S/C31H34N4O5/c1-5-6-11-22-26(27-23(38-3)13-9-14-24(27)39-4)29(36)28(30(37)33-22)31-35-34-25(40-31)16-15-19-17-18(2)20-10-7-8-12-21(20)32-19/h7-10,12-14,18H,5-6,11,15-17H2,1-4H3,(H2,33,36,37).